The number of aryl methyl sites for hydroxylation is 1. The minimum absolute atomic E-state index is 0.0252. The summed E-state index contributed by atoms with van der Waals surface area (Å²) >= 11 is 1.57. The molecule has 0 aliphatic rings. The smallest absolute Gasteiger partial charge is 0.308 e. The molecule has 0 spiro atoms. The van der Waals surface area contributed by atoms with Crippen molar-refractivity contribution in [3.05, 3.63) is 52.2 Å². The summed E-state index contributed by atoms with van der Waals surface area (Å²) in [5.41, 5.74) is 0.821. The molecule has 0 N–H and O–H groups in total. The van der Waals surface area contributed by atoms with E-state index in [4.69, 9.17) is 4.74 Å². The van der Waals surface area contributed by atoms with Gasteiger partial charge in [0.25, 0.3) is 0 Å². The molecule has 1 aromatic heterocycles. The third kappa shape index (κ3) is 2.08. The Morgan fingerprint density at radius 1 is 1.10 bits per heavy atom. The molecule has 20 heavy (non-hydrogen) atoms. The number of hydrogen-bond acceptors (Lipinski definition) is 4. The average Bonchev–Trinajstić information content (AvgIpc) is 2.40. The van der Waals surface area contributed by atoms with Crippen LogP contribution in [0.1, 0.15) is 12.5 Å². The first-order valence-corrected chi connectivity index (χ1v) is 7.02. The van der Waals surface area contributed by atoms with E-state index in [1.807, 2.05) is 37.3 Å². The third-order valence-electron chi connectivity index (χ3n) is 3.13. The van der Waals surface area contributed by atoms with Crippen molar-refractivity contribution >= 4 is 37.5 Å². The number of carbonyl (C=O) groups is 1. The molecule has 0 amide bonds. The van der Waals surface area contributed by atoms with Gasteiger partial charge in [0.2, 0.25) is 0 Å². The molecule has 0 radical (unpaired) electrons. The van der Waals surface area contributed by atoms with Gasteiger partial charge < -0.3 is 4.74 Å². The number of esters is 1. The van der Waals surface area contributed by atoms with Crippen LogP contribution in [0, 0.1) is 6.92 Å². The summed E-state index contributed by atoms with van der Waals surface area (Å²) in [6.45, 7) is 3.22. The lowest BCUT2D eigenvalue weighted by Gasteiger charge is -2.07. The Bertz CT molecular complexity index is 893. The minimum Gasteiger partial charge on any atom is -0.426 e. The second-order valence-electron chi connectivity index (χ2n) is 4.63. The molecule has 0 bridgehead atoms. The maximum absolute atomic E-state index is 12.5. The van der Waals surface area contributed by atoms with Gasteiger partial charge in [0.05, 0.1) is 0 Å². The van der Waals surface area contributed by atoms with E-state index in [-0.39, 0.29) is 11.4 Å². The highest BCUT2D eigenvalue weighted by atomic mass is 32.1. The van der Waals surface area contributed by atoms with Crippen LogP contribution in [0.15, 0.2) is 41.2 Å². The summed E-state index contributed by atoms with van der Waals surface area (Å²) in [7, 11) is 0. The summed E-state index contributed by atoms with van der Waals surface area (Å²) in [4.78, 5) is 23.6. The summed E-state index contributed by atoms with van der Waals surface area (Å²) in [5.74, 6) is 0.0638. The van der Waals surface area contributed by atoms with Crippen LogP contribution in [-0.4, -0.2) is 5.97 Å². The van der Waals surface area contributed by atoms with Crippen LogP contribution in [0.5, 0.6) is 5.75 Å². The zero-order valence-corrected chi connectivity index (χ0v) is 11.9. The van der Waals surface area contributed by atoms with Crippen LogP contribution >= 0.6 is 11.3 Å². The van der Waals surface area contributed by atoms with E-state index in [9.17, 15) is 9.59 Å². The Morgan fingerprint density at radius 2 is 1.85 bits per heavy atom. The largest absolute Gasteiger partial charge is 0.426 e. The summed E-state index contributed by atoms with van der Waals surface area (Å²) in [5, 5.41) is 1.29. The van der Waals surface area contributed by atoms with Crippen LogP contribution in [-0.2, 0) is 4.79 Å². The SMILES string of the molecule is CC(=O)Oc1cc2c(=O)c3ccccc3sc2cc1C. The van der Waals surface area contributed by atoms with Crippen molar-refractivity contribution in [3.8, 4) is 5.75 Å². The van der Waals surface area contributed by atoms with Gasteiger partial charge in [-0.05, 0) is 36.8 Å². The van der Waals surface area contributed by atoms with E-state index in [1.54, 1.807) is 17.4 Å². The fourth-order valence-electron chi connectivity index (χ4n) is 2.20. The second kappa shape index (κ2) is 4.72. The molecule has 100 valence electrons. The van der Waals surface area contributed by atoms with Crippen molar-refractivity contribution in [1.82, 2.24) is 0 Å². The summed E-state index contributed by atoms with van der Waals surface area (Å²) in [6.07, 6.45) is 0. The van der Waals surface area contributed by atoms with Crippen LogP contribution in [0.2, 0.25) is 0 Å². The molecule has 3 nitrogen and oxygen atoms in total. The van der Waals surface area contributed by atoms with E-state index in [0.29, 0.717) is 16.5 Å². The zero-order chi connectivity index (χ0) is 14.3. The van der Waals surface area contributed by atoms with E-state index < -0.39 is 0 Å². The number of carbonyl (C=O) groups excluding carboxylic acids is 1. The topological polar surface area (TPSA) is 43.4 Å². The highest BCUT2D eigenvalue weighted by molar-refractivity contribution is 7.24. The molecule has 3 aromatic rings. The lowest BCUT2D eigenvalue weighted by Crippen LogP contribution is -2.05. The molecule has 1 heterocycles. The average molecular weight is 284 g/mol. The first kappa shape index (κ1) is 12.8. The molecule has 0 aliphatic carbocycles. The van der Waals surface area contributed by atoms with Crippen LogP contribution in [0.25, 0.3) is 20.2 Å². The highest BCUT2D eigenvalue weighted by Gasteiger charge is 2.10. The monoisotopic (exact) mass is 284 g/mol. The Balaban J connectivity index is 2.38. The van der Waals surface area contributed by atoms with Gasteiger partial charge in [0.1, 0.15) is 5.75 Å². The third-order valence-corrected chi connectivity index (χ3v) is 4.26. The van der Waals surface area contributed by atoms with E-state index in [1.165, 1.54) is 6.92 Å². The Labute approximate surface area is 119 Å². The maximum Gasteiger partial charge on any atom is 0.308 e. The predicted octanol–water partition coefficient (Wildman–Crippen LogP) is 3.65. The Kier molecular flexibility index (Phi) is 3.03. The molecular formula is C16H12O3S. The molecular weight excluding hydrogens is 272 g/mol. The normalized spacial score (nSPS) is 10.9. The van der Waals surface area contributed by atoms with Crippen LogP contribution in [0.3, 0.4) is 0 Å². The van der Waals surface area contributed by atoms with Crippen molar-refractivity contribution in [2.75, 3.05) is 0 Å². The minimum atomic E-state index is -0.385. The van der Waals surface area contributed by atoms with Crippen LogP contribution < -0.4 is 10.2 Å². The van der Waals surface area contributed by atoms with Gasteiger partial charge in [-0.1, -0.05) is 12.1 Å². The summed E-state index contributed by atoms with van der Waals surface area (Å²) in [6, 6.07) is 11.1. The molecule has 0 aliphatic heterocycles. The van der Waals surface area contributed by atoms with E-state index in [2.05, 4.69) is 0 Å². The van der Waals surface area contributed by atoms with Gasteiger partial charge in [-0.2, -0.15) is 0 Å². The van der Waals surface area contributed by atoms with Crippen molar-refractivity contribution in [2.24, 2.45) is 0 Å². The molecule has 0 atom stereocenters. The van der Waals surface area contributed by atoms with Gasteiger partial charge in [-0.25, -0.2) is 0 Å². The second-order valence-corrected chi connectivity index (χ2v) is 5.72. The van der Waals surface area contributed by atoms with Crippen molar-refractivity contribution < 1.29 is 9.53 Å². The number of benzene rings is 2. The first-order chi connectivity index (χ1) is 9.56. The molecule has 2 aromatic carbocycles. The quantitative estimate of drug-likeness (QED) is 0.389. The molecule has 0 saturated carbocycles. The zero-order valence-electron chi connectivity index (χ0n) is 11.1. The molecule has 3 rings (SSSR count). The summed E-state index contributed by atoms with van der Waals surface area (Å²) < 4.78 is 7.01. The molecule has 0 unspecified atom stereocenters. The fourth-order valence-corrected chi connectivity index (χ4v) is 3.35. The van der Waals surface area contributed by atoms with Crippen LogP contribution in [0.4, 0.5) is 0 Å². The number of fused-ring (bicyclic) bond motifs is 2. The fraction of sp³-hybridized carbons (Fsp3) is 0.125. The Hall–Kier alpha value is -2.20. The van der Waals surface area contributed by atoms with Crippen molar-refractivity contribution in [3.63, 3.8) is 0 Å². The molecule has 4 heteroatoms. The van der Waals surface area contributed by atoms with Crippen molar-refractivity contribution in [2.45, 2.75) is 13.8 Å². The maximum atomic E-state index is 12.5. The van der Waals surface area contributed by atoms with Gasteiger partial charge in [-0.15, -0.1) is 11.3 Å². The number of rotatable bonds is 1. The molecule has 0 saturated heterocycles. The Morgan fingerprint density at radius 3 is 2.60 bits per heavy atom. The predicted molar refractivity (Wildman–Crippen MR) is 81.6 cm³/mol. The standard InChI is InChI=1S/C16H12O3S/c1-9-7-15-12(8-13(9)19-10(2)17)16(18)11-5-3-4-6-14(11)20-15/h3-8H,1-2H3. The van der Waals surface area contributed by atoms with E-state index >= 15 is 0 Å². The van der Waals surface area contributed by atoms with Crippen molar-refractivity contribution in [1.29, 1.82) is 0 Å². The van der Waals surface area contributed by atoms with Gasteiger partial charge in [0.15, 0.2) is 5.43 Å². The van der Waals surface area contributed by atoms with Gasteiger partial charge in [0, 0.05) is 27.1 Å². The number of ether oxygens (including phenoxy) is 1. The molecule has 0 fully saturated rings. The van der Waals surface area contributed by atoms with E-state index in [0.717, 1.165) is 15.0 Å². The van der Waals surface area contributed by atoms with Gasteiger partial charge in [-0.3, -0.25) is 9.59 Å². The lowest BCUT2D eigenvalue weighted by molar-refractivity contribution is -0.131. The highest BCUT2D eigenvalue weighted by Crippen LogP contribution is 2.30. The van der Waals surface area contributed by atoms with Gasteiger partial charge >= 0.3 is 5.97 Å². The first-order valence-electron chi connectivity index (χ1n) is 6.21. The number of hydrogen-bond donors (Lipinski definition) is 0. The lowest BCUT2D eigenvalue weighted by atomic mass is 10.1.